The fourth-order valence-electron chi connectivity index (χ4n) is 4.75. The molecule has 0 unspecified atom stereocenters. The van der Waals surface area contributed by atoms with Crippen molar-refractivity contribution in [2.45, 2.75) is 50.5 Å². The van der Waals surface area contributed by atoms with E-state index in [0.29, 0.717) is 5.54 Å². The first-order chi connectivity index (χ1) is 7.30. The van der Waals surface area contributed by atoms with Gasteiger partial charge in [-0.15, -0.1) is 11.6 Å². The van der Waals surface area contributed by atoms with Crippen LogP contribution in [-0.2, 0) is 0 Å². The van der Waals surface area contributed by atoms with Crippen LogP contribution in [-0.4, -0.2) is 18.0 Å². The van der Waals surface area contributed by atoms with Crippen LogP contribution in [0.3, 0.4) is 0 Å². The SMILES string of the molecule is ClCCCNC12CC3CC(CC(C3)C1)C2. The number of halogens is 1. The van der Waals surface area contributed by atoms with E-state index < -0.39 is 0 Å². The van der Waals surface area contributed by atoms with Gasteiger partial charge >= 0.3 is 0 Å². The maximum Gasteiger partial charge on any atom is 0.0235 e. The molecule has 0 spiro atoms. The van der Waals surface area contributed by atoms with Gasteiger partial charge in [-0.2, -0.15) is 0 Å². The Morgan fingerprint density at radius 1 is 1.00 bits per heavy atom. The van der Waals surface area contributed by atoms with E-state index >= 15 is 0 Å². The maximum absolute atomic E-state index is 5.75. The summed E-state index contributed by atoms with van der Waals surface area (Å²) in [6, 6.07) is 0. The highest BCUT2D eigenvalue weighted by Gasteiger charge is 2.50. The molecule has 0 radical (unpaired) electrons. The lowest BCUT2D eigenvalue weighted by Gasteiger charge is -2.57. The Labute approximate surface area is 98.0 Å². The van der Waals surface area contributed by atoms with Crippen LogP contribution < -0.4 is 5.32 Å². The number of hydrogen-bond acceptors (Lipinski definition) is 1. The number of nitrogens with one attached hydrogen (secondary N) is 1. The molecule has 1 nitrogen and oxygen atoms in total. The first-order valence-electron chi connectivity index (χ1n) is 6.61. The Balaban J connectivity index is 1.65. The zero-order chi connectivity index (χ0) is 10.3. The molecule has 0 aliphatic heterocycles. The molecule has 4 rings (SSSR count). The van der Waals surface area contributed by atoms with Gasteiger partial charge in [0, 0.05) is 11.4 Å². The molecule has 2 heteroatoms. The summed E-state index contributed by atoms with van der Waals surface area (Å²) in [6.07, 6.45) is 10.1. The lowest BCUT2D eigenvalue weighted by Crippen LogP contribution is -2.58. The monoisotopic (exact) mass is 227 g/mol. The van der Waals surface area contributed by atoms with E-state index in [2.05, 4.69) is 5.32 Å². The quantitative estimate of drug-likeness (QED) is 0.575. The molecule has 15 heavy (non-hydrogen) atoms. The summed E-state index contributed by atoms with van der Waals surface area (Å²) in [5.74, 6) is 3.97. The van der Waals surface area contributed by atoms with Crippen molar-refractivity contribution in [3.8, 4) is 0 Å². The number of alkyl halides is 1. The van der Waals surface area contributed by atoms with E-state index in [1.807, 2.05) is 0 Å². The lowest BCUT2D eigenvalue weighted by molar-refractivity contribution is -0.0193. The zero-order valence-corrected chi connectivity index (χ0v) is 10.2. The lowest BCUT2D eigenvalue weighted by atomic mass is 9.53. The minimum Gasteiger partial charge on any atom is -0.311 e. The van der Waals surface area contributed by atoms with E-state index in [0.717, 1.165) is 36.6 Å². The van der Waals surface area contributed by atoms with Crippen molar-refractivity contribution in [2.75, 3.05) is 12.4 Å². The van der Waals surface area contributed by atoms with Gasteiger partial charge in [0.1, 0.15) is 0 Å². The molecule has 4 aliphatic carbocycles. The first-order valence-corrected chi connectivity index (χ1v) is 7.14. The Bertz CT molecular complexity index is 203. The molecule has 86 valence electrons. The van der Waals surface area contributed by atoms with E-state index in [9.17, 15) is 0 Å². The summed E-state index contributed by atoms with van der Waals surface area (Å²) in [5.41, 5.74) is 0.542. The average Bonchev–Trinajstić information content (AvgIpc) is 2.15. The van der Waals surface area contributed by atoms with Crippen molar-refractivity contribution in [2.24, 2.45) is 17.8 Å². The van der Waals surface area contributed by atoms with Gasteiger partial charge in [-0.3, -0.25) is 0 Å². The molecule has 0 aromatic rings. The maximum atomic E-state index is 5.75. The van der Waals surface area contributed by atoms with Gasteiger partial charge in [-0.1, -0.05) is 0 Å². The first kappa shape index (κ1) is 10.4. The smallest absolute Gasteiger partial charge is 0.0235 e. The van der Waals surface area contributed by atoms with Crippen molar-refractivity contribution in [1.29, 1.82) is 0 Å². The molecule has 0 amide bonds. The second kappa shape index (κ2) is 3.92. The minimum absolute atomic E-state index is 0.542. The molecule has 4 fully saturated rings. The molecule has 0 atom stereocenters. The molecule has 4 saturated carbocycles. The van der Waals surface area contributed by atoms with Crippen LogP contribution in [0.2, 0.25) is 0 Å². The predicted octanol–water partition coefficient (Wildman–Crippen LogP) is 3.17. The van der Waals surface area contributed by atoms with Crippen LogP contribution in [0.4, 0.5) is 0 Å². The van der Waals surface area contributed by atoms with E-state index in [-0.39, 0.29) is 0 Å². The Morgan fingerprint density at radius 2 is 1.53 bits per heavy atom. The molecule has 4 aliphatic rings. The van der Waals surface area contributed by atoms with Crippen LogP contribution >= 0.6 is 11.6 Å². The summed E-state index contributed by atoms with van der Waals surface area (Å²) >= 11 is 5.75. The van der Waals surface area contributed by atoms with Crippen LogP contribution in [0.5, 0.6) is 0 Å². The van der Waals surface area contributed by atoms with E-state index in [1.165, 1.54) is 38.5 Å². The van der Waals surface area contributed by atoms with Gasteiger partial charge in [0.2, 0.25) is 0 Å². The fraction of sp³-hybridized carbons (Fsp3) is 1.00. The van der Waals surface area contributed by atoms with Crippen molar-refractivity contribution in [1.82, 2.24) is 5.32 Å². The second-order valence-electron chi connectivity index (χ2n) is 6.17. The molecule has 0 aromatic heterocycles. The number of rotatable bonds is 4. The molecule has 0 aromatic carbocycles. The molecule has 1 N–H and O–H groups in total. The molecule has 0 saturated heterocycles. The van der Waals surface area contributed by atoms with Gasteiger partial charge in [-0.05, 0) is 69.2 Å². The van der Waals surface area contributed by atoms with Gasteiger partial charge in [0.25, 0.3) is 0 Å². The van der Waals surface area contributed by atoms with Crippen LogP contribution in [0.1, 0.15) is 44.9 Å². The molecular weight excluding hydrogens is 206 g/mol. The second-order valence-corrected chi connectivity index (χ2v) is 6.55. The Kier molecular flexibility index (Phi) is 2.72. The fourth-order valence-corrected chi connectivity index (χ4v) is 4.88. The standard InChI is InChI=1S/C13H22ClN/c14-2-1-3-15-13-7-10-4-11(8-13)6-12(5-10)9-13/h10-12,15H,1-9H2. The average molecular weight is 228 g/mol. The number of hydrogen-bond donors (Lipinski definition) is 1. The minimum atomic E-state index is 0.542. The van der Waals surface area contributed by atoms with E-state index in [1.54, 1.807) is 0 Å². The normalized spacial score (nSPS) is 47.4. The predicted molar refractivity (Wildman–Crippen MR) is 64.2 cm³/mol. The summed E-state index contributed by atoms with van der Waals surface area (Å²) in [7, 11) is 0. The highest BCUT2D eigenvalue weighted by atomic mass is 35.5. The molecular formula is C13H22ClN. The zero-order valence-electron chi connectivity index (χ0n) is 9.47. The van der Waals surface area contributed by atoms with Gasteiger partial charge in [-0.25, -0.2) is 0 Å². The van der Waals surface area contributed by atoms with E-state index in [4.69, 9.17) is 11.6 Å². The van der Waals surface area contributed by atoms with Gasteiger partial charge in [0.15, 0.2) is 0 Å². The summed E-state index contributed by atoms with van der Waals surface area (Å²) in [5, 5.41) is 3.84. The largest absolute Gasteiger partial charge is 0.311 e. The highest BCUT2D eigenvalue weighted by molar-refractivity contribution is 6.17. The Morgan fingerprint density at radius 3 is 2.00 bits per heavy atom. The highest BCUT2D eigenvalue weighted by Crippen LogP contribution is 2.55. The third-order valence-electron chi connectivity index (χ3n) is 4.85. The molecule has 0 heterocycles. The van der Waals surface area contributed by atoms with Crippen molar-refractivity contribution < 1.29 is 0 Å². The van der Waals surface area contributed by atoms with Crippen LogP contribution in [0.25, 0.3) is 0 Å². The topological polar surface area (TPSA) is 12.0 Å². The van der Waals surface area contributed by atoms with Crippen molar-refractivity contribution in [3.63, 3.8) is 0 Å². The van der Waals surface area contributed by atoms with Crippen molar-refractivity contribution in [3.05, 3.63) is 0 Å². The van der Waals surface area contributed by atoms with Gasteiger partial charge in [0.05, 0.1) is 0 Å². The summed E-state index contributed by atoms with van der Waals surface area (Å²) in [6.45, 7) is 1.13. The molecule has 4 bridgehead atoms. The van der Waals surface area contributed by atoms with Crippen LogP contribution in [0, 0.1) is 17.8 Å². The van der Waals surface area contributed by atoms with Gasteiger partial charge < -0.3 is 5.32 Å². The summed E-state index contributed by atoms with van der Waals surface area (Å²) < 4.78 is 0. The third-order valence-corrected chi connectivity index (χ3v) is 5.12. The van der Waals surface area contributed by atoms with Crippen LogP contribution in [0.15, 0.2) is 0 Å². The Hall–Kier alpha value is 0.250. The third kappa shape index (κ3) is 1.93. The van der Waals surface area contributed by atoms with Crippen molar-refractivity contribution >= 4 is 11.6 Å². The summed E-state index contributed by atoms with van der Waals surface area (Å²) in [4.78, 5) is 0.